The Morgan fingerprint density at radius 3 is 2.57 bits per heavy atom. The Morgan fingerprint density at radius 1 is 1.10 bits per heavy atom. The fourth-order valence-electron chi connectivity index (χ4n) is 3.84. The summed E-state index contributed by atoms with van der Waals surface area (Å²) < 4.78 is 9.33. The Morgan fingerprint density at radius 2 is 1.83 bits per heavy atom. The zero-order valence-corrected chi connectivity index (χ0v) is 18.0. The summed E-state index contributed by atoms with van der Waals surface area (Å²) in [6.07, 6.45) is 10.9. The molecule has 2 aromatic heterocycles. The van der Waals surface area contributed by atoms with Crippen LogP contribution < -0.4 is 10.1 Å². The Labute approximate surface area is 180 Å². The normalized spacial score (nSPS) is 15.0. The second kappa shape index (κ2) is 9.84. The molecule has 158 valence electrons. The average molecular weight is 426 g/mol. The number of hydrogen-bond acceptors (Lipinski definition) is 5. The van der Waals surface area contributed by atoms with E-state index in [4.69, 9.17) is 4.74 Å². The molecule has 0 radical (unpaired) electrons. The summed E-state index contributed by atoms with van der Waals surface area (Å²) in [6.45, 7) is 0. The van der Waals surface area contributed by atoms with Gasteiger partial charge in [-0.05, 0) is 37.1 Å². The fraction of sp³-hybridized carbons (Fsp3) is 0.409. The first-order chi connectivity index (χ1) is 14.8. The van der Waals surface area contributed by atoms with Crippen LogP contribution in [0.5, 0.6) is 5.75 Å². The van der Waals surface area contributed by atoms with Crippen molar-refractivity contribution in [1.82, 2.24) is 24.9 Å². The third-order valence-corrected chi connectivity index (χ3v) is 6.25. The number of methoxy groups -OCH3 is 1. The van der Waals surface area contributed by atoms with E-state index in [2.05, 4.69) is 15.5 Å². The summed E-state index contributed by atoms with van der Waals surface area (Å²) in [7, 11) is 1.64. The molecule has 1 fully saturated rings. The fourth-order valence-corrected chi connectivity index (χ4v) is 4.59. The molecule has 1 aliphatic rings. The predicted molar refractivity (Wildman–Crippen MR) is 118 cm³/mol. The van der Waals surface area contributed by atoms with Gasteiger partial charge < -0.3 is 10.1 Å². The van der Waals surface area contributed by atoms with E-state index < -0.39 is 0 Å². The van der Waals surface area contributed by atoms with Crippen molar-refractivity contribution in [2.45, 2.75) is 49.7 Å². The lowest BCUT2D eigenvalue weighted by Gasteiger charge is -2.16. The number of carbonyl (C=O) groups is 1. The number of aromatic nitrogens is 4. The number of nitrogens with one attached hydrogen (secondary N) is 1. The highest BCUT2D eigenvalue weighted by atomic mass is 32.2. The van der Waals surface area contributed by atoms with Crippen molar-refractivity contribution < 1.29 is 9.53 Å². The van der Waals surface area contributed by atoms with Gasteiger partial charge in [0.2, 0.25) is 11.1 Å². The van der Waals surface area contributed by atoms with Gasteiger partial charge in [-0.1, -0.05) is 49.6 Å². The van der Waals surface area contributed by atoms with Crippen LogP contribution in [0.1, 0.15) is 38.5 Å². The molecule has 4 rings (SSSR count). The van der Waals surface area contributed by atoms with Crippen molar-refractivity contribution in [3.05, 3.63) is 48.8 Å². The van der Waals surface area contributed by atoms with Crippen LogP contribution in [0.15, 0.2) is 53.9 Å². The topological polar surface area (TPSA) is 74.0 Å². The molecular weight excluding hydrogens is 398 g/mol. The third-order valence-electron chi connectivity index (χ3n) is 5.33. The third kappa shape index (κ3) is 4.70. The molecule has 0 atom stereocenters. The van der Waals surface area contributed by atoms with Crippen molar-refractivity contribution in [2.24, 2.45) is 0 Å². The Balaban J connectivity index is 1.53. The average Bonchev–Trinajstić information content (AvgIpc) is 3.37. The predicted octanol–water partition coefficient (Wildman–Crippen LogP) is 4.00. The van der Waals surface area contributed by atoms with Gasteiger partial charge in [-0.15, -0.1) is 10.2 Å². The Kier molecular flexibility index (Phi) is 6.74. The highest BCUT2D eigenvalue weighted by Crippen LogP contribution is 2.31. The van der Waals surface area contributed by atoms with Gasteiger partial charge in [0.15, 0.2) is 5.82 Å². The molecule has 1 aliphatic carbocycles. The van der Waals surface area contributed by atoms with E-state index in [1.807, 2.05) is 58.1 Å². The number of ether oxygens (including phenoxy) is 1. The minimum Gasteiger partial charge on any atom is -0.496 e. The lowest BCUT2D eigenvalue weighted by atomic mass is 10.1. The summed E-state index contributed by atoms with van der Waals surface area (Å²) in [4.78, 5) is 12.6. The van der Waals surface area contributed by atoms with Crippen molar-refractivity contribution in [3.63, 3.8) is 0 Å². The van der Waals surface area contributed by atoms with E-state index in [0.717, 1.165) is 24.2 Å². The number of carbonyl (C=O) groups excluding carboxylic acids is 1. The molecule has 0 unspecified atom stereocenters. The van der Waals surface area contributed by atoms with E-state index in [9.17, 15) is 4.79 Å². The number of amides is 1. The van der Waals surface area contributed by atoms with Gasteiger partial charge in [0.25, 0.3) is 0 Å². The van der Waals surface area contributed by atoms with Crippen LogP contribution in [-0.4, -0.2) is 44.4 Å². The smallest absolute Gasteiger partial charge is 0.230 e. The molecule has 0 bridgehead atoms. The minimum atomic E-state index is 0.0489. The van der Waals surface area contributed by atoms with Crippen LogP contribution >= 0.6 is 11.8 Å². The van der Waals surface area contributed by atoms with Gasteiger partial charge in [0.1, 0.15) is 5.75 Å². The lowest BCUT2D eigenvalue weighted by molar-refractivity contribution is -0.119. The van der Waals surface area contributed by atoms with E-state index in [0.29, 0.717) is 22.8 Å². The zero-order valence-electron chi connectivity index (χ0n) is 17.2. The molecule has 1 saturated carbocycles. The second-order valence-electron chi connectivity index (χ2n) is 7.43. The molecule has 0 saturated heterocycles. The van der Waals surface area contributed by atoms with E-state index in [-0.39, 0.29) is 5.91 Å². The molecule has 7 nitrogen and oxygen atoms in total. The van der Waals surface area contributed by atoms with Crippen LogP contribution in [0, 0.1) is 0 Å². The highest BCUT2D eigenvalue weighted by molar-refractivity contribution is 7.99. The van der Waals surface area contributed by atoms with Crippen LogP contribution in [-0.2, 0) is 4.79 Å². The maximum atomic E-state index is 12.6. The summed E-state index contributed by atoms with van der Waals surface area (Å²) in [6, 6.07) is 11.9. The molecule has 8 heteroatoms. The molecule has 1 amide bonds. The number of rotatable bonds is 7. The van der Waals surface area contributed by atoms with E-state index in [1.54, 1.807) is 7.11 Å². The van der Waals surface area contributed by atoms with Crippen molar-refractivity contribution in [2.75, 3.05) is 12.9 Å². The monoisotopic (exact) mass is 425 g/mol. The van der Waals surface area contributed by atoms with Gasteiger partial charge in [-0.25, -0.2) is 4.68 Å². The van der Waals surface area contributed by atoms with Crippen molar-refractivity contribution in [1.29, 1.82) is 0 Å². The summed E-state index contributed by atoms with van der Waals surface area (Å²) in [5.74, 6) is 1.74. The minimum absolute atomic E-state index is 0.0489. The van der Waals surface area contributed by atoms with Gasteiger partial charge in [0.05, 0.1) is 18.4 Å². The molecule has 2 heterocycles. The largest absolute Gasteiger partial charge is 0.496 e. The standard InChI is InChI=1S/C22H27N5O2S/c1-29-19-13-7-6-12-18(19)21-24-25-22(27(21)26-14-8-9-15-26)30-16-20(28)23-17-10-4-2-3-5-11-17/h6-9,12-15,17H,2-5,10-11,16H2,1H3,(H,23,28). The Bertz CT molecular complexity index is 962. The second-order valence-corrected chi connectivity index (χ2v) is 8.37. The number of benzene rings is 1. The quantitative estimate of drug-likeness (QED) is 0.458. The molecule has 3 aromatic rings. The number of hydrogen-bond donors (Lipinski definition) is 1. The molecule has 1 N–H and O–H groups in total. The Hall–Kier alpha value is -2.74. The number of thioether (sulfide) groups is 1. The van der Waals surface area contributed by atoms with Gasteiger partial charge in [-0.2, -0.15) is 0 Å². The maximum absolute atomic E-state index is 12.6. The number of nitrogens with zero attached hydrogens (tertiary/aromatic N) is 4. The molecule has 0 spiro atoms. The first kappa shape index (κ1) is 20.5. The first-order valence-corrected chi connectivity index (χ1v) is 11.4. The zero-order chi connectivity index (χ0) is 20.8. The summed E-state index contributed by atoms with van der Waals surface area (Å²) in [5, 5.41) is 12.6. The van der Waals surface area contributed by atoms with Gasteiger partial charge in [0, 0.05) is 18.4 Å². The van der Waals surface area contributed by atoms with Crippen LogP contribution in [0.2, 0.25) is 0 Å². The van der Waals surface area contributed by atoms with Gasteiger partial charge in [-0.3, -0.25) is 9.47 Å². The maximum Gasteiger partial charge on any atom is 0.230 e. The molecular formula is C22H27N5O2S. The van der Waals surface area contributed by atoms with Gasteiger partial charge >= 0.3 is 0 Å². The van der Waals surface area contributed by atoms with E-state index >= 15 is 0 Å². The van der Waals surface area contributed by atoms with Crippen LogP contribution in [0.3, 0.4) is 0 Å². The lowest BCUT2D eigenvalue weighted by Crippen LogP contribution is -2.35. The molecule has 0 aliphatic heterocycles. The van der Waals surface area contributed by atoms with E-state index in [1.165, 1.54) is 37.4 Å². The van der Waals surface area contributed by atoms with Crippen LogP contribution in [0.25, 0.3) is 11.4 Å². The molecule has 1 aromatic carbocycles. The summed E-state index contributed by atoms with van der Waals surface area (Å²) in [5.41, 5.74) is 0.843. The van der Waals surface area contributed by atoms with Crippen molar-refractivity contribution in [3.8, 4) is 17.1 Å². The van der Waals surface area contributed by atoms with Crippen LogP contribution in [0.4, 0.5) is 0 Å². The molecule has 30 heavy (non-hydrogen) atoms. The summed E-state index contributed by atoms with van der Waals surface area (Å²) >= 11 is 1.39. The van der Waals surface area contributed by atoms with Crippen molar-refractivity contribution >= 4 is 17.7 Å². The number of para-hydroxylation sites is 1. The highest BCUT2D eigenvalue weighted by Gasteiger charge is 2.20. The SMILES string of the molecule is COc1ccccc1-c1nnc(SCC(=O)NC2CCCCCC2)n1-n1cccc1. The first-order valence-electron chi connectivity index (χ1n) is 10.4.